The second-order valence-electron chi connectivity index (χ2n) is 7.74. The number of aromatic nitrogens is 1. The molecule has 2 N–H and O–H groups in total. The van der Waals surface area contributed by atoms with Crippen LogP contribution in [-0.2, 0) is 23.9 Å². The molecule has 2 aromatic carbocycles. The molecule has 1 aliphatic rings. The normalized spacial score (nSPS) is 13.1. The zero-order chi connectivity index (χ0) is 24.3. The number of carbonyl (C=O) groups is 2. The van der Waals surface area contributed by atoms with Crippen molar-refractivity contribution in [3.63, 3.8) is 0 Å². The second-order valence-corrected chi connectivity index (χ2v) is 7.74. The van der Waals surface area contributed by atoms with Gasteiger partial charge in [0.2, 0.25) is 5.91 Å². The van der Waals surface area contributed by atoms with E-state index >= 15 is 0 Å². The predicted molar refractivity (Wildman–Crippen MR) is 123 cm³/mol. The van der Waals surface area contributed by atoms with E-state index in [9.17, 15) is 22.8 Å². The Hall–Kier alpha value is -4.14. The molecule has 0 saturated heterocycles. The molecule has 1 aromatic heterocycles. The van der Waals surface area contributed by atoms with Gasteiger partial charge in [-0.25, -0.2) is 4.98 Å². The molecule has 0 saturated carbocycles. The van der Waals surface area contributed by atoms with Crippen LogP contribution < -0.4 is 10.6 Å². The molecular formula is C25H21F3N4O2. The summed E-state index contributed by atoms with van der Waals surface area (Å²) in [5.41, 5.74) is 3.00. The Balaban J connectivity index is 1.49. The van der Waals surface area contributed by atoms with Crippen LogP contribution in [0.3, 0.4) is 0 Å². The summed E-state index contributed by atoms with van der Waals surface area (Å²) >= 11 is 0. The predicted octanol–water partition coefficient (Wildman–Crippen LogP) is 5.17. The molecule has 0 spiro atoms. The van der Waals surface area contributed by atoms with Gasteiger partial charge in [0.05, 0.1) is 5.56 Å². The van der Waals surface area contributed by atoms with Gasteiger partial charge in [-0.05, 0) is 66.1 Å². The van der Waals surface area contributed by atoms with Crippen molar-refractivity contribution in [2.24, 2.45) is 0 Å². The van der Waals surface area contributed by atoms with Crippen molar-refractivity contribution in [1.29, 1.82) is 0 Å². The summed E-state index contributed by atoms with van der Waals surface area (Å²) in [5, 5.41) is 5.73. The molecule has 2 amide bonds. The van der Waals surface area contributed by atoms with Crippen molar-refractivity contribution in [2.75, 3.05) is 17.2 Å². The molecule has 174 valence electrons. The van der Waals surface area contributed by atoms with Gasteiger partial charge in [-0.1, -0.05) is 18.7 Å². The lowest BCUT2D eigenvalue weighted by molar-refractivity contribution is -0.137. The Morgan fingerprint density at radius 3 is 2.56 bits per heavy atom. The van der Waals surface area contributed by atoms with Crippen LogP contribution in [0.2, 0.25) is 0 Å². The van der Waals surface area contributed by atoms with Crippen LogP contribution in [0.1, 0.15) is 27.0 Å². The zero-order valence-electron chi connectivity index (χ0n) is 18.0. The fraction of sp³-hybridized carbons (Fsp3) is 0.160. The molecule has 2 heterocycles. The number of nitrogens with one attached hydrogen (secondary N) is 2. The van der Waals surface area contributed by atoms with Crippen molar-refractivity contribution >= 4 is 29.0 Å². The van der Waals surface area contributed by atoms with Crippen molar-refractivity contribution in [3.8, 4) is 0 Å². The summed E-state index contributed by atoms with van der Waals surface area (Å²) < 4.78 is 38.4. The first kappa shape index (κ1) is 23.0. The number of hydrogen-bond acceptors (Lipinski definition) is 4. The van der Waals surface area contributed by atoms with Crippen LogP contribution >= 0.6 is 0 Å². The van der Waals surface area contributed by atoms with Gasteiger partial charge in [-0.15, -0.1) is 0 Å². The minimum absolute atomic E-state index is 0.191. The van der Waals surface area contributed by atoms with Crippen LogP contribution in [-0.4, -0.2) is 28.2 Å². The molecule has 0 fully saturated rings. The number of hydrogen-bond donors (Lipinski definition) is 2. The minimum atomic E-state index is -4.38. The van der Waals surface area contributed by atoms with Gasteiger partial charge in [0.25, 0.3) is 5.91 Å². The Morgan fingerprint density at radius 2 is 1.85 bits per heavy atom. The molecule has 9 heteroatoms. The number of fused-ring (bicyclic) bond motifs is 1. The first-order chi connectivity index (χ1) is 16.2. The first-order valence-corrected chi connectivity index (χ1v) is 10.5. The Kier molecular flexibility index (Phi) is 6.36. The van der Waals surface area contributed by atoms with Gasteiger partial charge >= 0.3 is 6.18 Å². The van der Waals surface area contributed by atoms with Crippen LogP contribution in [0.5, 0.6) is 0 Å². The van der Waals surface area contributed by atoms with E-state index in [2.05, 4.69) is 22.2 Å². The van der Waals surface area contributed by atoms with E-state index in [0.29, 0.717) is 30.8 Å². The molecule has 3 aromatic rings. The van der Waals surface area contributed by atoms with E-state index in [1.54, 1.807) is 11.0 Å². The number of alkyl halides is 3. The lowest BCUT2D eigenvalue weighted by Crippen LogP contribution is -2.36. The monoisotopic (exact) mass is 466 g/mol. The minimum Gasteiger partial charge on any atom is -0.355 e. The average Bonchev–Trinajstić information content (AvgIpc) is 2.83. The van der Waals surface area contributed by atoms with Crippen LogP contribution in [0.15, 0.2) is 73.4 Å². The quantitative estimate of drug-likeness (QED) is 0.509. The molecule has 0 unspecified atom stereocenters. The second kappa shape index (κ2) is 9.38. The number of benzene rings is 2. The highest BCUT2D eigenvalue weighted by atomic mass is 19.4. The van der Waals surface area contributed by atoms with Crippen molar-refractivity contribution in [1.82, 2.24) is 9.88 Å². The fourth-order valence-electron chi connectivity index (χ4n) is 3.79. The third-order valence-corrected chi connectivity index (χ3v) is 5.49. The van der Waals surface area contributed by atoms with Crippen molar-refractivity contribution in [3.05, 3.63) is 95.7 Å². The van der Waals surface area contributed by atoms with Crippen molar-refractivity contribution in [2.45, 2.75) is 19.1 Å². The highest BCUT2D eigenvalue weighted by molar-refractivity contribution is 6.00. The van der Waals surface area contributed by atoms with Gasteiger partial charge in [0.1, 0.15) is 5.82 Å². The lowest BCUT2D eigenvalue weighted by atomic mass is 9.97. The molecule has 4 rings (SSSR count). The van der Waals surface area contributed by atoms with E-state index in [1.165, 1.54) is 24.4 Å². The topological polar surface area (TPSA) is 74.3 Å². The van der Waals surface area contributed by atoms with E-state index in [0.717, 1.165) is 35.0 Å². The maximum absolute atomic E-state index is 13.1. The van der Waals surface area contributed by atoms with Gasteiger partial charge in [-0.2, -0.15) is 13.2 Å². The van der Waals surface area contributed by atoms with E-state index in [1.807, 2.05) is 18.2 Å². The number of halogens is 3. The standard InChI is InChI=1S/C25H21F3N4O2/c1-2-23(33)31-22-14-16(10-12-29-22)24(34)32-13-11-20-17(15-32)4-3-5-21(20)30-19-8-6-18(7-9-19)25(26,27)28/h2-10,12,14,30H,1,11,13,15H2,(H,29,31,33). The highest BCUT2D eigenvalue weighted by Gasteiger charge is 2.30. The number of pyridine rings is 1. The summed E-state index contributed by atoms with van der Waals surface area (Å²) in [6.07, 6.45) is -1.23. The molecule has 0 atom stereocenters. The SMILES string of the molecule is C=CC(=O)Nc1cc(C(=O)N2CCc3c(cccc3Nc3ccc(C(F)(F)F)cc3)C2)ccn1. The molecular weight excluding hydrogens is 445 g/mol. The number of anilines is 3. The van der Waals surface area contributed by atoms with Gasteiger partial charge in [-0.3, -0.25) is 9.59 Å². The molecule has 6 nitrogen and oxygen atoms in total. The van der Waals surface area contributed by atoms with Gasteiger partial charge in [0.15, 0.2) is 0 Å². The van der Waals surface area contributed by atoms with Crippen molar-refractivity contribution < 1.29 is 22.8 Å². The molecule has 0 radical (unpaired) electrons. The number of amides is 2. The van der Waals surface area contributed by atoms with Gasteiger partial charge < -0.3 is 15.5 Å². The van der Waals surface area contributed by atoms with Crippen LogP contribution in [0.4, 0.5) is 30.4 Å². The molecule has 0 aliphatic carbocycles. The third-order valence-electron chi connectivity index (χ3n) is 5.49. The Morgan fingerprint density at radius 1 is 1.09 bits per heavy atom. The van der Waals surface area contributed by atoms with E-state index < -0.39 is 17.6 Å². The smallest absolute Gasteiger partial charge is 0.355 e. The summed E-state index contributed by atoms with van der Waals surface area (Å²) in [5.74, 6) is -0.350. The Labute approximate surface area is 194 Å². The fourth-order valence-corrected chi connectivity index (χ4v) is 3.79. The summed E-state index contributed by atoms with van der Waals surface area (Å²) in [6, 6.07) is 13.6. The molecule has 34 heavy (non-hydrogen) atoms. The van der Waals surface area contributed by atoms with Gasteiger partial charge in [0, 0.05) is 36.2 Å². The summed E-state index contributed by atoms with van der Waals surface area (Å²) in [7, 11) is 0. The number of nitrogens with zero attached hydrogens (tertiary/aromatic N) is 2. The van der Waals surface area contributed by atoms with Crippen LogP contribution in [0, 0.1) is 0 Å². The maximum Gasteiger partial charge on any atom is 0.416 e. The largest absolute Gasteiger partial charge is 0.416 e. The number of rotatable bonds is 5. The Bertz CT molecular complexity index is 1240. The maximum atomic E-state index is 13.1. The van der Waals surface area contributed by atoms with Crippen LogP contribution in [0.25, 0.3) is 0 Å². The highest BCUT2D eigenvalue weighted by Crippen LogP contribution is 2.32. The summed E-state index contributed by atoms with van der Waals surface area (Å²) in [6.45, 7) is 4.24. The molecule has 0 bridgehead atoms. The van der Waals surface area contributed by atoms with E-state index in [4.69, 9.17) is 0 Å². The summed E-state index contributed by atoms with van der Waals surface area (Å²) in [4.78, 5) is 30.3. The third kappa shape index (κ3) is 5.09. The zero-order valence-corrected chi connectivity index (χ0v) is 18.0. The first-order valence-electron chi connectivity index (χ1n) is 10.5. The van der Waals surface area contributed by atoms with E-state index in [-0.39, 0.29) is 11.7 Å². The lowest BCUT2D eigenvalue weighted by Gasteiger charge is -2.30. The molecule has 1 aliphatic heterocycles. The average molecular weight is 466 g/mol. The number of carbonyl (C=O) groups excluding carboxylic acids is 2.